The lowest BCUT2D eigenvalue weighted by Crippen LogP contribution is -2.15. The Morgan fingerprint density at radius 1 is 1.35 bits per heavy atom. The third-order valence-electron chi connectivity index (χ3n) is 2.09. The molecule has 0 aliphatic rings. The summed E-state index contributed by atoms with van der Waals surface area (Å²) in [5.74, 6) is 0.0339. The average Bonchev–Trinajstić information content (AvgIpc) is 2.30. The van der Waals surface area contributed by atoms with Gasteiger partial charge in [-0.15, -0.1) is 0 Å². The normalized spacial score (nSPS) is 9.71. The molecule has 0 spiro atoms. The van der Waals surface area contributed by atoms with Crippen LogP contribution in [0.1, 0.15) is 19.8 Å². The fourth-order valence-corrected chi connectivity index (χ4v) is 1.20. The molecule has 5 heteroatoms. The summed E-state index contributed by atoms with van der Waals surface area (Å²) in [6, 6.07) is 7.06. The summed E-state index contributed by atoms with van der Waals surface area (Å²) < 4.78 is 5.38. The van der Waals surface area contributed by atoms with E-state index in [4.69, 9.17) is 10.5 Å². The number of hydrogen-bond acceptors (Lipinski definition) is 3. The predicted octanol–water partition coefficient (Wildman–Crippen LogP) is 1.29. The first-order valence-electron chi connectivity index (χ1n) is 5.43. The van der Waals surface area contributed by atoms with E-state index in [2.05, 4.69) is 5.32 Å². The van der Waals surface area contributed by atoms with Gasteiger partial charge in [0.25, 0.3) is 0 Å². The number of carbonyl (C=O) groups is 2. The van der Waals surface area contributed by atoms with Crippen LogP contribution >= 0.6 is 0 Å². The van der Waals surface area contributed by atoms with Crippen molar-refractivity contribution in [2.24, 2.45) is 5.73 Å². The van der Waals surface area contributed by atoms with Gasteiger partial charge < -0.3 is 15.8 Å². The van der Waals surface area contributed by atoms with Gasteiger partial charge in [-0.05, 0) is 12.1 Å². The van der Waals surface area contributed by atoms with Crippen LogP contribution in [0.25, 0.3) is 0 Å². The molecule has 0 saturated heterocycles. The molecule has 0 fully saturated rings. The van der Waals surface area contributed by atoms with E-state index in [9.17, 15) is 9.59 Å². The van der Waals surface area contributed by atoms with E-state index in [-0.39, 0.29) is 18.9 Å². The topological polar surface area (TPSA) is 81.4 Å². The second-order valence-electron chi connectivity index (χ2n) is 3.46. The van der Waals surface area contributed by atoms with Gasteiger partial charge in [-0.2, -0.15) is 0 Å². The third-order valence-corrected chi connectivity index (χ3v) is 2.09. The zero-order valence-corrected chi connectivity index (χ0v) is 9.73. The highest BCUT2D eigenvalue weighted by Gasteiger charge is 2.06. The Hall–Kier alpha value is -2.04. The number of amides is 2. The third kappa shape index (κ3) is 4.55. The number of anilines is 1. The summed E-state index contributed by atoms with van der Waals surface area (Å²) in [5, 5.41) is 2.72. The van der Waals surface area contributed by atoms with Gasteiger partial charge in [0.1, 0.15) is 5.75 Å². The van der Waals surface area contributed by atoms with Crippen LogP contribution in [0.4, 0.5) is 5.69 Å². The quantitative estimate of drug-likeness (QED) is 0.780. The monoisotopic (exact) mass is 236 g/mol. The van der Waals surface area contributed by atoms with Gasteiger partial charge in [-0.3, -0.25) is 9.59 Å². The summed E-state index contributed by atoms with van der Waals surface area (Å²) in [4.78, 5) is 21.8. The Morgan fingerprint density at radius 3 is 2.71 bits per heavy atom. The lowest BCUT2D eigenvalue weighted by atomic mass is 10.3. The second-order valence-corrected chi connectivity index (χ2v) is 3.46. The molecule has 1 rings (SSSR count). The average molecular weight is 236 g/mol. The molecule has 0 aliphatic carbocycles. The van der Waals surface area contributed by atoms with E-state index in [0.29, 0.717) is 17.9 Å². The van der Waals surface area contributed by atoms with E-state index >= 15 is 0 Å². The van der Waals surface area contributed by atoms with Crippen LogP contribution in [0.5, 0.6) is 5.75 Å². The van der Waals surface area contributed by atoms with Crippen molar-refractivity contribution in [1.82, 2.24) is 0 Å². The molecule has 5 nitrogen and oxygen atoms in total. The molecule has 3 N–H and O–H groups in total. The molecular weight excluding hydrogens is 220 g/mol. The lowest BCUT2D eigenvalue weighted by Gasteiger charge is -2.11. The number of nitrogens with one attached hydrogen (secondary N) is 1. The van der Waals surface area contributed by atoms with Gasteiger partial charge in [0.2, 0.25) is 11.8 Å². The Balaban J connectivity index is 2.64. The van der Waals surface area contributed by atoms with Crippen molar-refractivity contribution >= 4 is 17.5 Å². The minimum Gasteiger partial charge on any atom is -0.491 e. The molecule has 2 amide bonds. The van der Waals surface area contributed by atoms with E-state index in [1.54, 1.807) is 31.2 Å². The summed E-state index contributed by atoms with van der Waals surface area (Å²) in [7, 11) is 0. The molecular formula is C12H16N2O3. The molecule has 0 bridgehead atoms. The molecule has 17 heavy (non-hydrogen) atoms. The van der Waals surface area contributed by atoms with Crippen LogP contribution in [-0.2, 0) is 9.59 Å². The predicted molar refractivity (Wildman–Crippen MR) is 64.7 cm³/mol. The maximum absolute atomic E-state index is 11.3. The van der Waals surface area contributed by atoms with Crippen molar-refractivity contribution in [3.05, 3.63) is 24.3 Å². The Morgan fingerprint density at radius 2 is 2.06 bits per heavy atom. The zero-order valence-electron chi connectivity index (χ0n) is 9.73. The van der Waals surface area contributed by atoms with Gasteiger partial charge in [0.15, 0.2) is 0 Å². The molecule has 0 saturated carbocycles. The number of hydrogen-bond donors (Lipinski definition) is 2. The van der Waals surface area contributed by atoms with Gasteiger partial charge >= 0.3 is 0 Å². The number of carbonyl (C=O) groups excluding carboxylic acids is 2. The number of primary amides is 1. The van der Waals surface area contributed by atoms with Crippen molar-refractivity contribution in [1.29, 1.82) is 0 Å². The van der Waals surface area contributed by atoms with Crippen LogP contribution < -0.4 is 15.8 Å². The largest absolute Gasteiger partial charge is 0.491 e. The maximum Gasteiger partial charge on any atom is 0.224 e. The molecule has 0 radical (unpaired) electrons. The van der Waals surface area contributed by atoms with Gasteiger partial charge in [-0.1, -0.05) is 19.1 Å². The van der Waals surface area contributed by atoms with Crippen molar-refractivity contribution in [2.45, 2.75) is 19.8 Å². The smallest absolute Gasteiger partial charge is 0.224 e. The van der Waals surface area contributed by atoms with Crippen LogP contribution in [0.2, 0.25) is 0 Å². The number of benzene rings is 1. The first-order valence-corrected chi connectivity index (χ1v) is 5.43. The van der Waals surface area contributed by atoms with Gasteiger partial charge in [0.05, 0.1) is 18.7 Å². The number of nitrogens with two attached hydrogens (primary N) is 1. The van der Waals surface area contributed by atoms with Crippen molar-refractivity contribution in [3.8, 4) is 5.75 Å². The minimum atomic E-state index is -0.417. The molecule has 0 aliphatic heterocycles. The molecule has 0 unspecified atom stereocenters. The highest BCUT2D eigenvalue weighted by atomic mass is 16.5. The maximum atomic E-state index is 11.3. The summed E-state index contributed by atoms with van der Waals surface area (Å²) >= 11 is 0. The number of ether oxygens (including phenoxy) is 1. The molecule has 1 aromatic rings. The highest BCUT2D eigenvalue weighted by Crippen LogP contribution is 2.23. The second kappa shape index (κ2) is 6.52. The molecule has 92 valence electrons. The standard InChI is InChI=1S/C12H16N2O3/c1-2-12(16)14-9-5-3-4-6-10(9)17-8-7-11(13)15/h3-6H,2,7-8H2,1H3,(H2,13,15)(H,14,16). The Kier molecular flexibility index (Phi) is 5.00. The summed E-state index contributed by atoms with van der Waals surface area (Å²) in [5.41, 5.74) is 5.61. The van der Waals surface area contributed by atoms with Crippen molar-refractivity contribution in [3.63, 3.8) is 0 Å². The van der Waals surface area contributed by atoms with E-state index < -0.39 is 5.91 Å². The summed E-state index contributed by atoms with van der Waals surface area (Å²) in [6.45, 7) is 1.97. The van der Waals surface area contributed by atoms with E-state index in [0.717, 1.165) is 0 Å². The van der Waals surface area contributed by atoms with Crippen LogP contribution in [0, 0.1) is 0 Å². The Labute approximate surface area is 99.9 Å². The van der Waals surface area contributed by atoms with E-state index in [1.807, 2.05) is 0 Å². The SMILES string of the molecule is CCC(=O)Nc1ccccc1OCCC(N)=O. The fraction of sp³-hybridized carbons (Fsp3) is 0.333. The van der Waals surface area contributed by atoms with E-state index in [1.165, 1.54) is 0 Å². The highest BCUT2D eigenvalue weighted by molar-refractivity contribution is 5.92. The van der Waals surface area contributed by atoms with Crippen molar-refractivity contribution in [2.75, 3.05) is 11.9 Å². The van der Waals surface area contributed by atoms with Gasteiger partial charge in [-0.25, -0.2) is 0 Å². The number of para-hydroxylation sites is 2. The summed E-state index contributed by atoms with van der Waals surface area (Å²) in [6.07, 6.45) is 0.547. The van der Waals surface area contributed by atoms with Crippen LogP contribution in [-0.4, -0.2) is 18.4 Å². The first kappa shape index (κ1) is 13.0. The van der Waals surface area contributed by atoms with Crippen LogP contribution in [0.3, 0.4) is 0 Å². The molecule has 0 aromatic heterocycles. The minimum absolute atomic E-state index is 0.0871. The number of rotatable bonds is 6. The Bertz CT molecular complexity index is 404. The molecule has 0 heterocycles. The molecule has 1 aromatic carbocycles. The lowest BCUT2D eigenvalue weighted by molar-refractivity contribution is -0.118. The first-order chi connectivity index (χ1) is 8.13. The van der Waals surface area contributed by atoms with Crippen molar-refractivity contribution < 1.29 is 14.3 Å². The van der Waals surface area contributed by atoms with Crippen LogP contribution in [0.15, 0.2) is 24.3 Å². The zero-order chi connectivity index (χ0) is 12.7. The fourth-order valence-electron chi connectivity index (χ4n) is 1.20. The van der Waals surface area contributed by atoms with Gasteiger partial charge in [0, 0.05) is 6.42 Å². The molecule has 0 atom stereocenters.